The van der Waals surface area contributed by atoms with Gasteiger partial charge >= 0.3 is 5.92 Å². The van der Waals surface area contributed by atoms with E-state index in [4.69, 9.17) is 11.6 Å². The molecule has 0 saturated heterocycles. The minimum absolute atomic E-state index is 0.0376. The topological polar surface area (TPSA) is 17.1 Å². The van der Waals surface area contributed by atoms with Gasteiger partial charge in [0, 0.05) is 6.92 Å². The summed E-state index contributed by atoms with van der Waals surface area (Å²) >= 11 is 9.54. The molecular formula is C7H4BrClF2OS. The molecule has 0 aliphatic heterocycles. The summed E-state index contributed by atoms with van der Waals surface area (Å²) in [7, 11) is 0. The molecule has 0 fully saturated rings. The van der Waals surface area contributed by atoms with Crippen molar-refractivity contribution in [2.45, 2.75) is 12.8 Å². The Hall–Kier alpha value is -0.0000000000000000833. The predicted molar refractivity (Wildman–Crippen MR) is 52.0 cm³/mol. The highest BCUT2D eigenvalue weighted by atomic mass is 79.9. The zero-order valence-electron chi connectivity index (χ0n) is 6.41. The van der Waals surface area contributed by atoms with Crippen LogP contribution >= 0.6 is 38.9 Å². The predicted octanol–water partition coefficient (Wildman–Crippen LogP) is 4.00. The van der Waals surface area contributed by atoms with Crippen LogP contribution in [-0.2, 0) is 0 Å². The lowest BCUT2D eigenvalue weighted by atomic mass is 10.2. The number of Topliss-reactive ketones (excluding diaryl/α,β-unsaturated/α-hetero) is 1. The zero-order valence-corrected chi connectivity index (χ0v) is 9.56. The van der Waals surface area contributed by atoms with Crippen molar-refractivity contribution in [3.63, 3.8) is 0 Å². The SMILES string of the molecule is CC(F)(F)C(=O)c1cc(Cl)c(Br)s1. The van der Waals surface area contributed by atoms with E-state index in [1.807, 2.05) is 0 Å². The van der Waals surface area contributed by atoms with Gasteiger partial charge in [-0.3, -0.25) is 4.79 Å². The Bertz CT molecular complexity index is 325. The van der Waals surface area contributed by atoms with E-state index in [9.17, 15) is 13.6 Å². The van der Waals surface area contributed by atoms with Crippen LogP contribution in [0.25, 0.3) is 0 Å². The van der Waals surface area contributed by atoms with Crippen LogP contribution in [0.4, 0.5) is 8.78 Å². The highest BCUT2D eigenvalue weighted by Crippen LogP contribution is 2.34. The van der Waals surface area contributed by atoms with E-state index in [1.54, 1.807) is 0 Å². The summed E-state index contributed by atoms with van der Waals surface area (Å²) < 4.78 is 25.6. The third kappa shape index (κ3) is 2.48. The third-order valence-electron chi connectivity index (χ3n) is 1.27. The molecule has 0 bridgehead atoms. The molecule has 0 aliphatic carbocycles. The summed E-state index contributed by atoms with van der Waals surface area (Å²) in [6.45, 7) is 0.566. The van der Waals surface area contributed by atoms with Crippen molar-refractivity contribution in [2.24, 2.45) is 0 Å². The number of halogens is 4. The van der Waals surface area contributed by atoms with Gasteiger partial charge < -0.3 is 0 Å². The molecule has 1 heterocycles. The maximum Gasteiger partial charge on any atom is 0.307 e. The fourth-order valence-electron chi connectivity index (χ4n) is 0.675. The maximum atomic E-state index is 12.5. The van der Waals surface area contributed by atoms with Gasteiger partial charge in [0.15, 0.2) is 0 Å². The molecule has 1 rings (SSSR count). The molecule has 1 aromatic heterocycles. The van der Waals surface area contributed by atoms with Crippen molar-refractivity contribution in [1.82, 2.24) is 0 Å². The second-order valence-corrected chi connectivity index (χ2v) is 5.23. The molecule has 0 amide bonds. The summed E-state index contributed by atoms with van der Waals surface area (Å²) in [5, 5.41) is 0.276. The largest absolute Gasteiger partial charge is 0.307 e. The summed E-state index contributed by atoms with van der Waals surface area (Å²) in [6.07, 6.45) is 0. The van der Waals surface area contributed by atoms with Crippen molar-refractivity contribution in [3.05, 3.63) is 19.8 Å². The first kappa shape index (κ1) is 11.1. The van der Waals surface area contributed by atoms with Crippen LogP contribution in [-0.4, -0.2) is 11.7 Å². The van der Waals surface area contributed by atoms with Crippen LogP contribution < -0.4 is 0 Å². The van der Waals surface area contributed by atoms with Gasteiger partial charge in [0.05, 0.1) is 13.7 Å². The summed E-state index contributed by atoms with van der Waals surface area (Å²) in [5.41, 5.74) is 0. The van der Waals surface area contributed by atoms with E-state index >= 15 is 0 Å². The lowest BCUT2D eigenvalue weighted by Gasteiger charge is -2.05. The number of hydrogen-bond donors (Lipinski definition) is 0. The summed E-state index contributed by atoms with van der Waals surface area (Å²) in [4.78, 5) is 11.0. The number of alkyl halides is 2. The summed E-state index contributed by atoms with van der Waals surface area (Å²) in [6, 6.07) is 1.23. The molecule has 1 aromatic rings. The zero-order chi connectivity index (χ0) is 10.2. The van der Waals surface area contributed by atoms with Gasteiger partial charge in [-0.05, 0) is 22.0 Å². The minimum Gasteiger partial charge on any atom is -0.286 e. The highest BCUT2D eigenvalue weighted by Gasteiger charge is 2.34. The Morgan fingerprint density at radius 3 is 2.54 bits per heavy atom. The molecule has 0 radical (unpaired) electrons. The normalized spacial score (nSPS) is 11.8. The van der Waals surface area contributed by atoms with Gasteiger partial charge in [0.25, 0.3) is 0 Å². The van der Waals surface area contributed by atoms with Gasteiger partial charge in [0.1, 0.15) is 0 Å². The minimum atomic E-state index is -3.34. The van der Waals surface area contributed by atoms with Crippen LogP contribution in [0.1, 0.15) is 16.6 Å². The monoisotopic (exact) mass is 288 g/mol. The van der Waals surface area contributed by atoms with E-state index in [1.165, 1.54) is 6.07 Å². The standard InChI is InChI=1S/C7H4BrClF2OS/c1-7(10,11)5(12)4-2-3(9)6(8)13-4/h2H,1H3. The molecule has 0 atom stereocenters. The molecule has 1 nitrogen and oxygen atoms in total. The molecular weight excluding hydrogens is 285 g/mol. The molecule has 6 heteroatoms. The molecule has 0 N–H and O–H groups in total. The number of thiophene rings is 1. The second kappa shape index (κ2) is 3.63. The van der Waals surface area contributed by atoms with E-state index in [0.29, 0.717) is 10.7 Å². The van der Waals surface area contributed by atoms with Crippen molar-refractivity contribution in [1.29, 1.82) is 0 Å². The average molecular weight is 290 g/mol. The van der Waals surface area contributed by atoms with E-state index < -0.39 is 11.7 Å². The smallest absolute Gasteiger partial charge is 0.286 e. The number of carbonyl (C=O) groups is 1. The first-order valence-electron chi connectivity index (χ1n) is 3.20. The Morgan fingerprint density at radius 2 is 2.23 bits per heavy atom. The lowest BCUT2D eigenvalue weighted by molar-refractivity contribution is 0.0226. The molecule has 72 valence electrons. The Morgan fingerprint density at radius 1 is 1.69 bits per heavy atom. The van der Waals surface area contributed by atoms with Gasteiger partial charge in [0.2, 0.25) is 5.78 Å². The molecule has 0 aromatic carbocycles. The first-order valence-corrected chi connectivity index (χ1v) is 5.18. The van der Waals surface area contributed by atoms with Crippen LogP contribution in [0, 0.1) is 0 Å². The maximum absolute atomic E-state index is 12.5. The second-order valence-electron chi connectivity index (χ2n) is 2.45. The van der Waals surface area contributed by atoms with Gasteiger partial charge in [-0.1, -0.05) is 11.6 Å². The quantitative estimate of drug-likeness (QED) is 0.752. The summed E-state index contributed by atoms with van der Waals surface area (Å²) in [5.74, 6) is -4.54. The molecule has 0 saturated carbocycles. The first-order chi connectivity index (χ1) is 5.82. The van der Waals surface area contributed by atoms with Crippen molar-refractivity contribution >= 4 is 44.7 Å². The average Bonchev–Trinajstić information content (AvgIpc) is 2.29. The Balaban J connectivity index is 3.03. The third-order valence-corrected chi connectivity index (χ3v) is 3.74. The number of carbonyl (C=O) groups excluding carboxylic acids is 1. The van der Waals surface area contributed by atoms with E-state index in [2.05, 4.69) is 15.9 Å². The van der Waals surface area contributed by atoms with Gasteiger partial charge in [-0.2, -0.15) is 8.78 Å². The van der Waals surface area contributed by atoms with Crippen LogP contribution in [0.5, 0.6) is 0 Å². The Kier molecular flexibility index (Phi) is 3.09. The fraction of sp³-hybridized carbons (Fsp3) is 0.286. The highest BCUT2D eigenvalue weighted by molar-refractivity contribution is 9.11. The van der Waals surface area contributed by atoms with Crippen molar-refractivity contribution in [2.75, 3.05) is 0 Å². The molecule has 0 unspecified atom stereocenters. The molecule has 0 aliphatic rings. The van der Waals surface area contributed by atoms with Gasteiger partial charge in [-0.25, -0.2) is 0 Å². The molecule has 0 spiro atoms. The molecule has 13 heavy (non-hydrogen) atoms. The van der Waals surface area contributed by atoms with Crippen LogP contribution in [0.15, 0.2) is 9.85 Å². The number of rotatable bonds is 2. The van der Waals surface area contributed by atoms with E-state index in [0.717, 1.165) is 11.3 Å². The van der Waals surface area contributed by atoms with Crippen molar-refractivity contribution in [3.8, 4) is 0 Å². The fourth-order valence-corrected chi connectivity index (χ4v) is 2.40. The van der Waals surface area contributed by atoms with Crippen LogP contribution in [0.3, 0.4) is 0 Å². The van der Waals surface area contributed by atoms with E-state index in [-0.39, 0.29) is 9.90 Å². The Labute approximate surface area is 90.8 Å². The van der Waals surface area contributed by atoms with Crippen molar-refractivity contribution < 1.29 is 13.6 Å². The van der Waals surface area contributed by atoms with Crippen LogP contribution in [0.2, 0.25) is 5.02 Å². The number of ketones is 1. The number of hydrogen-bond acceptors (Lipinski definition) is 2. The lowest BCUT2D eigenvalue weighted by Crippen LogP contribution is -2.23. The van der Waals surface area contributed by atoms with Gasteiger partial charge in [-0.15, -0.1) is 11.3 Å².